The molecule has 0 spiro atoms. The molecule has 0 radical (unpaired) electrons. The van der Waals surface area contributed by atoms with E-state index in [4.69, 9.17) is 5.14 Å². The van der Waals surface area contributed by atoms with Gasteiger partial charge in [-0.1, -0.05) is 0 Å². The number of thioether (sulfide) groups is 1. The van der Waals surface area contributed by atoms with Gasteiger partial charge in [-0.05, 0) is 74.5 Å². The van der Waals surface area contributed by atoms with Gasteiger partial charge in [-0.3, -0.25) is 14.5 Å². The highest BCUT2D eigenvalue weighted by molar-refractivity contribution is 8.18. The number of carbonyl (C=O) groups excluding carboxylic acids is 3. The van der Waals surface area contributed by atoms with Crippen molar-refractivity contribution in [3.8, 4) is 5.69 Å². The first kappa shape index (κ1) is 22.8. The Bertz CT molecular complexity index is 1210. The van der Waals surface area contributed by atoms with E-state index in [1.54, 1.807) is 18.2 Å². The number of aromatic nitrogens is 1. The minimum absolute atomic E-state index is 0.00679. The number of sulfonamides is 1. The molecular formula is C20H21N3O6S2. The highest BCUT2D eigenvalue weighted by Crippen LogP contribution is 2.35. The number of amides is 2. The number of nitrogens with zero attached hydrogens (tertiary/aromatic N) is 2. The maximum Gasteiger partial charge on any atom is 0.328 e. The molecule has 2 amide bonds. The van der Waals surface area contributed by atoms with Crippen LogP contribution >= 0.6 is 11.8 Å². The molecule has 1 fully saturated rings. The highest BCUT2D eigenvalue weighted by Gasteiger charge is 2.41. The number of hydrogen-bond acceptors (Lipinski definition) is 7. The zero-order valence-electron chi connectivity index (χ0n) is 17.3. The predicted molar refractivity (Wildman–Crippen MR) is 116 cm³/mol. The number of carbonyl (C=O) groups is 3. The van der Waals surface area contributed by atoms with Gasteiger partial charge in [0, 0.05) is 17.1 Å². The minimum Gasteiger partial charge on any atom is -0.467 e. The SMILES string of the molecule is COC(=O)[C@H](C)N1C(=O)S/C(=C/c2cc(C)n(-c3ccc(S(N)(=O)=O)cc3)c2C)C1=O. The average molecular weight is 464 g/mol. The molecule has 1 atom stereocenters. The molecule has 2 N–H and O–H groups in total. The van der Waals surface area contributed by atoms with Crippen LogP contribution in [-0.2, 0) is 24.3 Å². The number of hydrogen-bond donors (Lipinski definition) is 1. The van der Waals surface area contributed by atoms with Gasteiger partial charge in [0.25, 0.3) is 11.1 Å². The van der Waals surface area contributed by atoms with E-state index < -0.39 is 33.2 Å². The molecule has 2 heterocycles. The summed E-state index contributed by atoms with van der Waals surface area (Å²) in [6.45, 7) is 5.14. The Hall–Kier alpha value is -2.89. The maximum absolute atomic E-state index is 12.7. The Morgan fingerprint density at radius 1 is 1.19 bits per heavy atom. The quantitative estimate of drug-likeness (QED) is 0.532. The number of primary sulfonamides is 1. The van der Waals surface area contributed by atoms with E-state index >= 15 is 0 Å². The third kappa shape index (κ3) is 4.29. The summed E-state index contributed by atoms with van der Waals surface area (Å²) in [6.07, 6.45) is 1.60. The van der Waals surface area contributed by atoms with Gasteiger partial charge in [0.1, 0.15) is 6.04 Å². The van der Waals surface area contributed by atoms with E-state index in [2.05, 4.69) is 4.74 Å². The average Bonchev–Trinajstić information content (AvgIpc) is 3.14. The molecule has 0 unspecified atom stereocenters. The van der Waals surface area contributed by atoms with E-state index in [0.717, 1.165) is 33.7 Å². The molecule has 2 aromatic rings. The summed E-state index contributed by atoms with van der Waals surface area (Å²) in [5, 5.41) is 4.61. The van der Waals surface area contributed by atoms with E-state index in [9.17, 15) is 22.8 Å². The third-order valence-electron chi connectivity index (χ3n) is 4.93. The number of nitrogens with two attached hydrogens (primary N) is 1. The molecule has 1 aliphatic heterocycles. The van der Waals surface area contributed by atoms with Gasteiger partial charge >= 0.3 is 5.97 Å². The first-order chi connectivity index (χ1) is 14.5. The molecule has 1 saturated heterocycles. The maximum atomic E-state index is 12.7. The second-order valence-corrected chi connectivity index (χ2v) is 9.51. The van der Waals surface area contributed by atoms with Crippen LogP contribution in [0.1, 0.15) is 23.9 Å². The van der Waals surface area contributed by atoms with Crippen molar-refractivity contribution in [2.24, 2.45) is 5.14 Å². The van der Waals surface area contributed by atoms with Crippen LogP contribution in [0.5, 0.6) is 0 Å². The van der Waals surface area contributed by atoms with Crippen molar-refractivity contribution in [3.63, 3.8) is 0 Å². The molecular weight excluding hydrogens is 442 g/mol. The van der Waals surface area contributed by atoms with Crippen LogP contribution in [0.2, 0.25) is 0 Å². The van der Waals surface area contributed by atoms with Crippen molar-refractivity contribution in [1.29, 1.82) is 0 Å². The van der Waals surface area contributed by atoms with Crippen molar-refractivity contribution in [3.05, 3.63) is 52.2 Å². The normalized spacial score (nSPS) is 16.8. The molecule has 1 aliphatic rings. The highest BCUT2D eigenvalue weighted by atomic mass is 32.2. The molecule has 31 heavy (non-hydrogen) atoms. The van der Waals surface area contributed by atoms with Crippen molar-refractivity contribution in [1.82, 2.24) is 9.47 Å². The first-order valence-corrected chi connectivity index (χ1v) is 11.5. The van der Waals surface area contributed by atoms with Gasteiger partial charge in [0.05, 0.1) is 16.9 Å². The molecule has 9 nitrogen and oxygen atoms in total. The van der Waals surface area contributed by atoms with Crippen LogP contribution in [0.25, 0.3) is 11.8 Å². The molecule has 0 aliphatic carbocycles. The van der Waals surface area contributed by atoms with E-state index in [1.807, 2.05) is 24.5 Å². The Labute approximate surface area is 183 Å². The monoisotopic (exact) mass is 463 g/mol. The van der Waals surface area contributed by atoms with Crippen LogP contribution in [0.3, 0.4) is 0 Å². The van der Waals surface area contributed by atoms with Gasteiger partial charge < -0.3 is 9.30 Å². The van der Waals surface area contributed by atoms with Crippen LogP contribution < -0.4 is 5.14 Å². The Morgan fingerprint density at radius 2 is 1.81 bits per heavy atom. The molecule has 11 heteroatoms. The summed E-state index contributed by atoms with van der Waals surface area (Å²) in [7, 11) is -2.60. The van der Waals surface area contributed by atoms with Crippen molar-refractivity contribution in [2.75, 3.05) is 7.11 Å². The lowest BCUT2D eigenvalue weighted by Crippen LogP contribution is -2.42. The zero-order valence-corrected chi connectivity index (χ0v) is 18.9. The number of methoxy groups -OCH3 is 1. The second kappa shape index (κ2) is 8.33. The lowest BCUT2D eigenvalue weighted by molar-refractivity contribution is -0.148. The summed E-state index contributed by atoms with van der Waals surface area (Å²) in [5.74, 6) is -1.24. The van der Waals surface area contributed by atoms with E-state index in [1.165, 1.54) is 26.2 Å². The summed E-state index contributed by atoms with van der Waals surface area (Å²) < 4.78 is 29.5. The predicted octanol–water partition coefficient (Wildman–Crippen LogP) is 2.34. The minimum atomic E-state index is -3.79. The molecule has 0 bridgehead atoms. The van der Waals surface area contributed by atoms with E-state index in [-0.39, 0.29) is 9.80 Å². The lowest BCUT2D eigenvalue weighted by Gasteiger charge is -2.18. The van der Waals surface area contributed by atoms with Gasteiger partial charge in [0.2, 0.25) is 10.0 Å². The number of ether oxygens (including phenoxy) is 1. The summed E-state index contributed by atoms with van der Waals surface area (Å²) in [4.78, 5) is 37.9. The number of imide groups is 1. The van der Waals surface area contributed by atoms with Crippen LogP contribution in [-0.4, -0.2) is 48.2 Å². The molecule has 0 saturated carbocycles. The number of rotatable bonds is 5. The van der Waals surface area contributed by atoms with Gasteiger partial charge in [-0.2, -0.15) is 0 Å². The molecule has 1 aromatic carbocycles. The number of benzene rings is 1. The fraction of sp³-hybridized carbons (Fsp3) is 0.250. The topological polar surface area (TPSA) is 129 Å². The number of esters is 1. The summed E-state index contributed by atoms with van der Waals surface area (Å²) >= 11 is 0.758. The molecule has 1 aromatic heterocycles. The smallest absolute Gasteiger partial charge is 0.328 e. The van der Waals surface area contributed by atoms with E-state index in [0.29, 0.717) is 5.56 Å². The molecule has 164 valence electrons. The molecule has 3 rings (SSSR count). The Kier molecular flexibility index (Phi) is 6.12. The third-order valence-corrected chi connectivity index (χ3v) is 6.75. The van der Waals surface area contributed by atoms with Crippen molar-refractivity contribution >= 4 is 45.0 Å². The second-order valence-electron chi connectivity index (χ2n) is 6.95. The largest absolute Gasteiger partial charge is 0.467 e. The van der Waals surface area contributed by atoms with Crippen LogP contribution in [0.15, 0.2) is 40.1 Å². The zero-order chi connectivity index (χ0) is 23.1. The fourth-order valence-electron chi connectivity index (χ4n) is 3.35. The van der Waals surface area contributed by atoms with Gasteiger partial charge in [-0.25, -0.2) is 18.4 Å². The fourth-order valence-corrected chi connectivity index (χ4v) is 4.76. The van der Waals surface area contributed by atoms with Crippen molar-refractivity contribution < 1.29 is 27.5 Å². The summed E-state index contributed by atoms with van der Waals surface area (Å²) in [5.41, 5.74) is 3.06. The standard InChI is InChI=1S/C20H21N3O6S2/c1-11-9-14(10-17-18(24)23(20(26)30-17)13(3)19(25)29-4)12(2)22(11)15-5-7-16(8-6-15)31(21,27)28/h5-10,13H,1-4H3,(H2,21,27,28)/b17-10+/t13-/m0/s1. The van der Waals surface area contributed by atoms with Crippen LogP contribution in [0.4, 0.5) is 4.79 Å². The Balaban J connectivity index is 1.96. The summed E-state index contributed by atoms with van der Waals surface area (Å²) in [6, 6.07) is 6.94. The van der Waals surface area contributed by atoms with Gasteiger partial charge in [0.15, 0.2) is 0 Å². The van der Waals surface area contributed by atoms with Crippen molar-refractivity contribution in [2.45, 2.75) is 31.7 Å². The lowest BCUT2D eigenvalue weighted by atomic mass is 10.2. The van der Waals surface area contributed by atoms with Gasteiger partial charge in [-0.15, -0.1) is 0 Å². The first-order valence-electron chi connectivity index (χ1n) is 9.12. The Morgan fingerprint density at radius 3 is 2.35 bits per heavy atom. The van der Waals surface area contributed by atoms with Crippen LogP contribution in [0, 0.1) is 13.8 Å². The number of aryl methyl sites for hydroxylation is 1.